The van der Waals surface area contributed by atoms with Crippen molar-refractivity contribution in [1.29, 1.82) is 0 Å². The van der Waals surface area contributed by atoms with E-state index in [0.717, 1.165) is 21.9 Å². The number of nitrogens with one attached hydrogen (secondary N) is 1. The third-order valence-corrected chi connectivity index (χ3v) is 4.77. The van der Waals surface area contributed by atoms with Crippen molar-refractivity contribution in [3.63, 3.8) is 0 Å². The van der Waals surface area contributed by atoms with E-state index < -0.39 is 0 Å². The minimum Gasteiger partial charge on any atom is -0.329 e. The van der Waals surface area contributed by atoms with Crippen molar-refractivity contribution in [2.45, 2.75) is 39.2 Å². The number of nitrogens with zero attached hydrogens (tertiary/aromatic N) is 2. The Labute approximate surface area is 112 Å². The number of rotatable bonds is 1. The monoisotopic (exact) mass is 261 g/mol. The van der Waals surface area contributed by atoms with Gasteiger partial charge in [0.2, 0.25) is 0 Å². The average molecular weight is 261 g/mol. The van der Waals surface area contributed by atoms with Crippen molar-refractivity contribution >= 4 is 23.4 Å². The number of imidazole rings is 1. The Balaban J connectivity index is 2.13. The predicted molar refractivity (Wildman–Crippen MR) is 76.1 cm³/mol. The number of H-pyrrole nitrogens is 1. The number of aromatic nitrogens is 3. The summed E-state index contributed by atoms with van der Waals surface area (Å²) in [5.41, 5.74) is 2.06. The lowest BCUT2D eigenvalue weighted by Crippen LogP contribution is -2.27. The van der Waals surface area contributed by atoms with E-state index >= 15 is 0 Å². The first kappa shape index (κ1) is 11.9. The molecule has 0 amide bonds. The molecule has 1 aliphatic rings. The number of aromatic amines is 1. The van der Waals surface area contributed by atoms with Gasteiger partial charge in [-0.25, -0.2) is 4.98 Å². The van der Waals surface area contributed by atoms with Crippen LogP contribution in [-0.2, 0) is 0 Å². The van der Waals surface area contributed by atoms with Crippen molar-refractivity contribution in [1.82, 2.24) is 14.5 Å². The van der Waals surface area contributed by atoms with Crippen LogP contribution >= 0.6 is 12.2 Å². The van der Waals surface area contributed by atoms with E-state index in [4.69, 9.17) is 12.2 Å². The van der Waals surface area contributed by atoms with Crippen LogP contribution in [0, 0.1) is 16.6 Å². The topological polar surface area (TPSA) is 33.6 Å². The Bertz CT molecular complexity index is 613. The van der Waals surface area contributed by atoms with Gasteiger partial charge in [0.15, 0.2) is 10.4 Å². The second-order valence-corrected chi connectivity index (χ2v) is 5.90. The van der Waals surface area contributed by atoms with Crippen molar-refractivity contribution < 1.29 is 0 Å². The smallest absolute Gasteiger partial charge is 0.179 e. The van der Waals surface area contributed by atoms with Crippen molar-refractivity contribution in [2.75, 3.05) is 0 Å². The number of hydrogen-bond donors (Lipinski definition) is 1. The highest BCUT2D eigenvalue weighted by Crippen LogP contribution is 2.38. The summed E-state index contributed by atoms with van der Waals surface area (Å²) in [6, 6.07) is 4.49. The molecular formula is C14H19N3S. The van der Waals surface area contributed by atoms with Gasteiger partial charge in [-0.3, -0.25) is 4.57 Å². The highest BCUT2D eigenvalue weighted by molar-refractivity contribution is 7.71. The molecule has 0 aliphatic heterocycles. The fraction of sp³-hybridized carbons (Fsp3) is 0.571. The van der Waals surface area contributed by atoms with E-state index in [2.05, 4.69) is 28.4 Å². The van der Waals surface area contributed by atoms with Crippen LogP contribution in [0.1, 0.15) is 39.2 Å². The van der Waals surface area contributed by atoms with Crippen LogP contribution in [0.2, 0.25) is 0 Å². The van der Waals surface area contributed by atoms with E-state index in [1.54, 1.807) is 0 Å². The van der Waals surface area contributed by atoms with E-state index in [1.807, 2.05) is 18.3 Å². The number of pyridine rings is 1. The Kier molecular flexibility index (Phi) is 2.98. The van der Waals surface area contributed by atoms with Crippen molar-refractivity contribution in [3.8, 4) is 0 Å². The molecule has 0 radical (unpaired) electrons. The zero-order valence-corrected chi connectivity index (χ0v) is 11.7. The van der Waals surface area contributed by atoms with Crippen LogP contribution in [-0.4, -0.2) is 14.5 Å². The highest BCUT2D eigenvalue weighted by atomic mass is 32.1. The van der Waals surface area contributed by atoms with Crippen molar-refractivity contribution in [2.24, 2.45) is 11.8 Å². The van der Waals surface area contributed by atoms with Gasteiger partial charge in [0, 0.05) is 12.2 Å². The molecule has 0 spiro atoms. The molecule has 2 heterocycles. The molecule has 18 heavy (non-hydrogen) atoms. The molecule has 0 saturated heterocycles. The lowest BCUT2D eigenvalue weighted by atomic mass is 9.78. The SMILES string of the molecule is CC1CCCC(n2c(=S)[nH]c3cccnc32)C1C. The summed E-state index contributed by atoms with van der Waals surface area (Å²) < 4.78 is 3.06. The molecule has 1 saturated carbocycles. The maximum Gasteiger partial charge on any atom is 0.179 e. The van der Waals surface area contributed by atoms with Gasteiger partial charge in [0.05, 0.1) is 5.52 Å². The van der Waals surface area contributed by atoms with Gasteiger partial charge < -0.3 is 4.98 Å². The zero-order valence-electron chi connectivity index (χ0n) is 10.9. The van der Waals surface area contributed by atoms with Crippen LogP contribution < -0.4 is 0 Å². The predicted octanol–water partition coefficient (Wildman–Crippen LogP) is 4.09. The minimum absolute atomic E-state index is 0.491. The van der Waals surface area contributed by atoms with Gasteiger partial charge in [-0.2, -0.15) is 0 Å². The second-order valence-electron chi connectivity index (χ2n) is 5.51. The first-order valence-electron chi connectivity index (χ1n) is 6.73. The summed E-state index contributed by atoms with van der Waals surface area (Å²) >= 11 is 5.49. The molecule has 0 aromatic carbocycles. The maximum atomic E-state index is 5.49. The van der Waals surface area contributed by atoms with E-state index in [9.17, 15) is 0 Å². The molecule has 1 fully saturated rings. The Morgan fingerprint density at radius 1 is 1.39 bits per heavy atom. The first-order valence-corrected chi connectivity index (χ1v) is 7.14. The molecule has 0 bridgehead atoms. The second kappa shape index (κ2) is 4.50. The Morgan fingerprint density at radius 2 is 2.22 bits per heavy atom. The number of hydrogen-bond acceptors (Lipinski definition) is 2. The van der Waals surface area contributed by atoms with Crippen LogP contribution in [0.4, 0.5) is 0 Å². The lowest BCUT2D eigenvalue weighted by Gasteiger charge is -2.35. The summed E-state index contributed by atoms with van der Waals surface area (Å²) in [5, 5.41) is 0. The highest BCUT2D eigenvalue weighted by Gasteiger charge is 2.29. The molecular weight excluding hydrogens is 242 g/mol. The third-order valence-electron chi connectivity index (χ3n) is 4.47. The van der Waals surface area contributed by atoms with Gasteiger partial charge in [-0.05, 0) is 42.6 Å². The minimum atomic E-state index is 0.491. The quantitative estimate of drug-likeness (QED) is 0.784. The van der Waals surface area contributed by atoms with Gasteiger partial charge in [0.1, 0.15) is 0 Å². The third kappa shape index (κ3) is 1.79. The molecule has 4 heteroatoms. The summed E-state index contributed by atoms with van der Waals surface area (Å²) in [6.07, 6.45) is 5.68. The summed E-state index contributed by atoms with van der Waals surface area (Å²) in [6.45, 7) is 4.70. The lowest BCUT2D eigenvalue weighted by molar-refractivity contribution is 0.188. The zero-order chi connectivity index (χ0) is 12.7. The molecule has 2 aromatic heterocycles. The summed E-state index contributed by atoms with van der Waals surface area (Å²) in [5.74, 6) is 1.42. The molecule has 3 rings (SSSR count). The fourth-order valence-corrected chi connectivity index (χ4v) is 3.52. The van der Waals surface area contributed by atoms with Crippen molar-refractivity contribution in [3.05, 3.63) is 23.1 Å². The molecule has 3 atom stereocenters. The molecule has 1 aliphatic carbocycles. The van der Waals surface area contributed by atoms with Gasteiger partial charge in [0.25, 0.3) is 0 Å². The molecule has 3 unspecified atom stereocenters. The summed E-state index contributed by atoms with van der Waals surface area (Å²) in [7, 11) is 0. The fourth-order valence-electron chi connectivity index (χ4n) is 3.18. The van der Waals surface area contributed by atoms with Gasteiger partial charge in [-0.1, -0.05) is 26.7 Å². The first-order chi connectivity index (χ1) is 8.68. The molecule has 96 valence electrons. The van der Waals surface area contributed by atoms with Crippen LogP contribution in [0.5, 0.6) is 0 Å². The largest absolute Gasteiger partial charge is 0.329 e. The van der Waals surface area contributed by atoms with Gasteiger partial charge in [-0.15, -0.1) is 0 Å². The van der Waals surface area contributed by atoms with Gasteiger partial charge >= 0.3 is 0 Å². The van der Waals surface area contributed by atoms with E-state index in [-0.39, 0.29) is 0 Å². The van der Waals surface area contributed by atoms with E-state index in [0.29, 0.717) is 12.0 Å². The standard InChI is InChI=1S/C14H19N3S/c1-9-5-3-7-12(10(9)2)17-13-11(16-14(17)18)6-4-8-15-13/h4,6,8-10,12H,3,5,7H2,1-2H3,(H,16,18). The van der Waals surface area contributed by atoms with Crippen LogP contribution in [0.3, 0.4) is 0 Å². The molecule has 1 N–H and O–H groups in total. The molecule has 2 aromatic rings. The summed E-state index contributed by atoms with van der Waals surface area (Å²) in [4.78, 5) is 7.78. The van der Waals surface area contributed by atoms with Crippen LogP contribution in [0.15, 0.2) is 18.3 Å². The Morgan fingerprint density at radius 3 is 3.06 bits per heavy atom. The van der Waals surface area contributed by atoms with Crippen LogP contribution in [0.25, 0.3) is 11.2 Å². The maximum absolute atomic E-state index is 5.49. The normalized spacial score (nSPS) is 28.7. The Hall–Kier alpha value is -1.16. The van der Waals surface area contributed by atoms with E-state index in [1.165, 1.54) is 19.3 Å². The number of fused-ring (bicyclic) bond motifs is 1. The molecule has 3 nitrogen and oxygen atoms in total. The average Bonchev–Trinajstić information content (AvgIpc) is 2.69.